The van der Waals surface area contributed by atoms with Crippen LogP contribution in [0, 0.1) is 22.7 Å². The number of morpholine rings is 1. The summed E-state index contributed by atoms with van der Waals surface area (Å²) in [6.07, 6.45) is 0.298. The van der Waals surface area contributed by atoms with Gasteiger partial charge in [-0.15, -0.1) is 0 Å². The molecule has 0 radical (unpaired) electrons. The van der Waals surface area contributed by atoms with E-state index in [1.54, 1.807) is 29.2 Å². The second-order valence-corrected chi connectivity index (χ2v) is 5.35. The van der Waals surface area contributed by atoms with Crippen molar-refractivity contribution in [3.63, 3.8) is 0 Å². The van der Waals surface area contributed by atoms with Crippen LogP contribution < -0.4 is 0 Å². The second-order valence-electron chi connectivity index (χ2n) is 5.35. The fraction of sp³-hybridized carbons (Fsp3) is 0.471. The zero-order valence-corrected chi connectivity index (χ0v) is 13.1. The minimum atomic E-state index is -0.134. The second kappa shape index (κ2) is 8.89. The van der Waals surface area contributed by atoms with Gasteiger partial charge in [-0.3, -0.25) is 9.69 Å². The Hall–Kier alpha value is -2.41. The van der Waals surface area contributed by atoms with Crippen LogP contribution in [0.25, 0.3) is 0 Å². The molecule has 1 saturated heterocycles. The Labute approximate surface area is 136 Å². The number of carbonyl (C=O) groups is 1. The molecule has 0 aromatic heterocycles. The van der Waals surface area contributed by atoms with Gasteiger partial charge in [0.25, 0.3) is 5.91 Å². The molecule has 1 aliphatic heterocycles. The Kier molecular flexibility index (Phi) is 6.56. The van der Waals surface area contributed by atoms with Gasteiger partial charge in [0.15, 0.2) is 0 Å². The van der Waals surface area contributed by atoms with Crippen molar-refractivity contribution in [2.24, 2.45) is 0 Å². The van der Waals surface area contributed by atoms with E-state index in [4.69, 9.17) is 15.3 Å². The van der Waals surface area contributed by atoms with Gasteiger partial charge in [-0.2, -0.15) is 10.5 Å². The molecule has 1 aromatic carbocycles. The number of carbonyl (C=O) groups excluding carboxylic acids is 1. The molecule has 0 unspecified atom stereocenters. The number of amides is 1. The van der Waals surface area contributed by atoms with Crippen LogP contribution in [0.15, 0.2) is 24.3 Å². The highest BCUT2D eigenvalue weighted by Crippen LogP contribution is 2.09. The minimum absolute atomic E-state index is 0.134. The van der Waals surface area contributed by atoms with Crippen LogP contribution in [0.4, 0.5) is 0 Å². The van der Waals surface area contributed by atoms with Gasteiger partial charge in [0.1, 0.15) is 0 Å². The van der Waals surface area contributed by atoms with Crippen LogP contribution >= 0.6 is 0 Å². The molecular weight excluding hydrogens is 292 g/mol. The van der Waals surface area contributed by atoms with E-state index < -0.39 is 0 Å². The van der Waals surface area contributed by atoms with Crippen molar-refractivity contribution in [3.05, 3.63) is 35.4 Å². The molecule has 23 heavy (non-hydrogen) atoms. The van der Waals surface area contributed by atoms with E-state index in [9.17, 15) is 4.79 Å². The molecule has 1 aliphatic rings. The van der Waals surface area contributed by atoms with Gasteiger partial charge in [-0.05, 0) is 18.2 Å². The van der Waals surface area contributed by atoms with Crippen molar-refractivity contribution < 1.29 is 9.53 Å². The van der Waals surface area contributed by atoms with Crippen LogP contribution in [-0.2, 0) is 4.74 Å². The molecule has 1 heterocycles. The van der Waals surface area contributed by atoms with Gasteiger partial charge in [-0.1, -0.05) is 6.07 Å². The summed E-state index contributed by atoms with van der Waals surface area (Å²) in [5.74, 6) is -0.134. The highest BCUT2D eigenvalue weighted by Gasteiger charge is 2.18. The third-order valence-electron chi connectivity index (χ3n) is 3.81. The lowest BCUT2D eigenvalue weighted by Gasteiger charge is -2.30. The summed E-state index contributed by atoms with van der Waals surface area (Å²) in [7, 11) is 0. The Morgan fingerprint density at radius 2 is 2.04 bits per heavy atom. The first-order valence-corrected chi connectivity index (χ1v) is 7.71. The molecule has 2 rings (SSSR count). The monoisotopic (exact) mass is 312 g/mol. The first-order chi connectivity index (χ1) is 11.2. The maximum atomic E-state index is 12.7. The van der Waals surface area contributed by atoms with Gasteiger partial charge < -0.3 is 9.64 Å². The highest BCUT2D eigenvalue weighted by atomic mass is 16.5. The largest absolute Gasteiger partial charge is 0.379 e. The number of hydrogen-bond donors (Lipinski definition) is 0. The fourth-order valence-corrected chi connectivity index (χ4v) is 2.49. The summed E-state index contributed by atoms with van der Waals surface area (Å²) >= 11 is 0. The molecule has 1 fully saturated rings. The predicted octanol–water partition coefficient (Wildman–Crippen LogP) is 1.25. The van der Waals surface area contributed by atoms with Gasteiger partial charge in [0.2, 0.25) is 0 Å². The summed E-state index contributed by atoms with van der Waals surface area (Å²) in [5, 5.41) is 17.8. The third kappa shape index (κ3) is 5.07. The fourth-order valence-electron chi connectivity index (χ4n) is 2.49. The zero-order chi connectivity index (χ0) is 16.5. The van der Waals surface area contributed by atoms with Crippen LogP contribution in [-0.4, -0.2) is 61.6 Å². The molecular formula is C17H20N4O2. The average Bonchev–Trinajstić information content (AvgIpc) is 2.62. The van der Waals surface area contributed by atoms with Crippen molar-refractivity contribution in [3.8, 4) is 12.1 Å². The van der Waals surface area contributed by atoms with E-state index >= 15 is 0 Å². The Morgan fingerprint density at radius 3 is 2.74 bits per heavy atom. The SMILES string of the molecule is N#CCCN(CCN1CCOCC1)C(=O)c1cccc(C#N)c1. The van der Waals surface area contributed by atoms with Crippen LogP contribution in [0.2, 0.25) is 0 Å². The maximum absolute atomic E-state index is 12.7. The van der Waals surface area contributed by atoms with Crippen molar-refractivity contribution in [2.45, 2.75) is 6.42 Å². The first-order valence-electron chi connectivity index (χ1n) is 7.71. The molecule has 6 nitrogen and oxygen atoms in total. The lowest BCUT2D eigenvalue weighted by Crippen LogP contribution is -2.43. The number of rotatable bonds is 6. The molecule has 0 bridgehead atoms. The standard InChI is InChI=1S/C17H20N4O2/c18-5-2-6-21(8-7-20-9-11-23-12-10-20)17(22)16-4-1-3-15(13-16)14-19/h1,3-4,13H,2,6-12H2. The molecule has 0 aliphatic carbocycles. The number of nitrogens with zero attached hydrogens (tertiary/aromatic N) is 4. The van der Waals surface area contributed by atoms with Crippen molar-refractivity contribution in [1.82, 2.24) is 9.80 Å². The van der Waals surface area contributed by atoms with Gasteiger partial charge in [0.05, 0.1) is 37.3 Å². The number of hydrogen-bond acceptors (Lipinski definition) is 5. The summed E-state index contributed by atoms with van der Waals surface area (Å²) in [4.78, 5) is 16.6. The van der Waals surface area contributed by atoms with Crippen molar-refractivity contribution in [2.75, 3.05) is 45.9 Å². The predicted molar refractivity (Wildman–Crippen MR) is 84.5 cm³/mol. The van der Waals surface area contributed by atoms with E-state index in [1.165, 1.54) is 0 Å². The van der Waals surface area contributed by atoms with E-state index in [-0.39, 0.29) is 5.91 Å². The first kappa shape index (κ1) is 17.0. The number of ether oxygens (including phenoxy) is 1. The minimum Gasteiger partial charge on any atom is -0.379 e. The maximum Gasteiger partial charge on any atom is 0.253 e. The molecule has 0 atom stereocenters. The summed E-state index contributed by atoms with van der Waals surface area (Å²) in [5.41, 5.74) is 0.952. The lowest BCUT2D eigenvalue weighted by molar-refractivity contribution is 0.0326. The van der Waals surface area contributed by atoms with E-state index in [0.29, 0.717) is 30.6 Å². The Morgan fingerprint density at radius 1 is 1.26 bits per heavy atom. The van der Waals surface area contributed by atoms with Crippen LogP contribution in [0.5, 0.6) is 0 Å². The normalized spacial score (nSPS) is 14.7. The van der Waals surface area contributed by atoms with Crippen LogP contribution in [0.1, 0.15) is 22.3 Å². The van der Waals surface area contributed by atoms with Crippen molar-refractivity contribution >= 4 is 5.91 Å². The number of benzene rings is 1. The molecule has 6 heteroatoms. The molecule has 1 aromatic rings. The third-order valence-corrected chi connectivity index (χ3v) is 3.81. The van der Waals surface area contributed by atoms with Crippen molar-refractivity contribution in [1.29, 1.82) is 10.5 Å². The van der Waals surface area contributed by atoms with E-state index in [2.05, 4.69) is 11.0 Å². The quantitative estimate of drug-likeness (QED) is 0.789. The van der Waals surface area contributed by atoms with Gasteiger partial charge in [-0.25, -0.2) is 0 Å². The number of nitriles is 2. The van der Waals surface area contributed by atoms with E-state index in [1.807, 2.05) is 6.07 Å². The zero-order valence-electron chi connectivity index (χ0n) is 13.1. The molecule has 0 spiro atoms. The summed E-state index contributed by atoms with van der Waals surface area (Å²) in [6.45, 7) is 4.90. The molecule has 0 saturated carbocycles. The van der Waals surface area contributed by atoms with Crippen LogP contribution in [0.3, 0.4) is 0 Å². The summed E-state index contributed by atoms with van der Waals surface area (Å²) in [6, 6.07) is 10.8. The average molecular weight is 312 g/mol. The van der Waals surface area contributed by atoms with E-state index in [0.717, 1.165) is 32.8 Å². The molecule has 0 N–H and O–H groups in total. The van der Waals surface area contributed by atoms with Gasteiger partial charge in [0, 0.05) is 38.3 Å². The topological polar surface area (TPSA) is 80.4 Å². The Bertz CT molecular complexity index is 612. The smallest absolute Gasteiger partial charge is 0.253 e. The Balaban J connectivity index is 2.02. The molecule has 1 amide bonds. The molecule has 120 valence electrons. The highest BCUT2D eigenvalue weighted by molar-refractivity contribution is 5.94. The summed E-state index contributed by atoms with van der Waals surface area (Å²) < 4.78 is 5.32. The lowest BCUT2D eigenvalue weighted by atomic mass is 10.1. The van der Waals surface area contributed by atoms with Gasteiger partial charge >= 0.3 is 0 Å².